The molecule has 0 aliphatic heterocycles. The van der Waals surface area contributed by atoms with Crippen molar-refractivity contribution < 1.29 is 0 Å². The molecule has 0 radical (unpaired) electrons. The third-order valence-corrected chi connectivity index (χ3v) is 5.60. The molecule has 19 heavy (non-hydrogen) atoms. The van der Waals surface area contributed by atoms with Crippen molar-refractivity contribution in [2.24, 2.45) is 23.2 Å². The van der Waals surface area contributed by atoms with Gasteiger partial charge in [0.1, 0.15) is 11.6 Å². The fourth-order valence-electron chi connectivity index (χ4n) is 4.41. The maximum Gasteiger partial charge on any atom is 0.223 e. The molecular formula is C14H23N5. The van der Waals surface area contributed by atoms with Gasteiger partial charge >= 0.3 is 0 Å². The predicted molar refractivity (Wildman–Crippen MR) is 77.2 cm³/mol. The van der Waals surface area contributed by atoms with Crippen molar-refractivity contribution in [1.29, 1.82) is 0 Å². The van der Waals surface area contributed by atoms with Crippen molar-refractivity contribution in [3.05, 3.63) is 5.56 Å². The normalized spacial score (nSPS) is 35.7. The molecule has 3 saturated carbocycles. The van der Waals surface area contributed by atoms with E-state index in [1.807, 2.05) is 0 Å². The fourth-order valence-corrected chi connectivity index (χ4v) is 4.41. The van der Waals surface area contributed by atoms with Crippen LogP contribution in [0.2, 0.25) is 0 Å². The molecule has 2 unspecified atom stereocenters. The summed E-state index contributed by atoms with van der Waals surface area (Å²) < 4.78 is 0. The molecule has 5 heteroatoms. The third kappa shape index (κ3) is 1.60. The molecule has 1 aromatic rings. The van der Waals surface area contributed by atoms with Gasteiger partial charge in [-0.15, -0.1) is 0 Å². The summed E-state index contributed by atoms with van der Waals surface area (Å²) in [5.74, 6) is 3.48. The van der Waals surface area contributed by atoms with Gasteiger partial charge in [0.2, 0.25) is 5.95 Å². The maximum atomic E-state index is 6.07. The van der Waals surface area contributed by atoms with E-state index < -0.39 is 0 Å². The summed E-state index contributed by atoms with van der Waals surface area (Å²) in [6.45, 7) is 7.00. The van der Waals surface area contributed by atoms with E-state index >= 15 is 0 Å². The highest BCUT2D eigenvalue weighted by molar-refractivity contribution is 5.58. The SMILES string of the molecule is C[C@H]1CC2CC([C@@H]1c1c(N)nc(N)nc1N)C2(C)C. The van der Waals surface area contributed by atoms with E-state index in [-0.39, 0.29) is 5.95 Å². The van der Waals surface area contributed by atoms with Gasteiger partial charge in [-0.3, -0.25) is 0 Å². The molecule has 3 fully saturated rings. The number of hydrogen-bond donors (Lipinski definition) is 3. The zero-order valence-corrected chi connectivity index (χ0v) is 11.9. The Bertz CT molecular complexity index is 502. The number of fused-ring (bicyclic) bond motifs is 2. The van der Waals surface area contributed by atoms with Crippen LogP contribution in [-0.4, -0.2) is 9.97 Å². The fraction of sp³-hybridized carbons (Fsp3) is 0.714. The number of anilines is 3. The molecule has 1 heterocycles. The largest absolute Gasteiger partial charge is 0.383 e. The Morgan fingerprint density at radius 3 is 2.16 bits per heavy atom. The Hall–Kier alpha value is -1.52. The number of rotatable bonds is 1. The van der Waals surface area contributed by atoms with Crippen molar-refractivity contribution in [1.82, 2.24) is 9.97 Å². The van der Waals surface area contributed by atoms with Gasteiger partial charge in [0, 0.05) is 5.56 Å². The highest BCUT2D eigenvalue weighted by Gasteiger charge is 2.57. The van der Waals surface area contributed by atoms with Crippen LogP contribution in [0, 0.1) is 23.2 Å². The molecular weight excluding hydrogens is 238 g/mol. The number of nitrogens with zero attached hydrogens (tertiary/aromatic N) is 2. The number of nitrogens with two attached hydrogens (primary N) is 3. The van der Waals surface area contributed by atoms with E-state index in [9.17, 15) is 0 Å². The van der Waals surface area contributed by atoms with Crippen molar-refractivity contribution >= 4 is 17.6 Å². The Kier molecular flexibility index (Phi) is 2.46. The van der Waals surface area contributed by atoms with Gasteiger partial charge in [-0.25, -0.2) is 0 Å². The minimum Gasteiger partial charge on any atom is -0.383 e. The van der Waals surface area contributed by atoms with Crippen LogP contribution in [0.5, 0.6) is 0 Å². The second-order valence-corrected chi connectivity index (χ2v) is 6.87. The standard InChI is InChI=1S/C14H23N5/c1-6-4-7-5-8(14(7,2)3)9(6)10-11(15)18-13(17)19-12(10)16/h6-9H,4-5H2,1-3H3,(H6,15,16,17,18,19)/t6-,7?,8?,9+/m0/s1. The third-order valence-electron chi connectivity index (χ3n) is 5.60. The van der Waals surface area contributed by atoms with Crippen molar-refractivity contribution in [2.75, 3.05) is 17.2 Å². The van der Waals surface area contributed by atoms with Gasteiger partial charge in [0.25, 0.3) is 0 Å². The van der Waals surface area contributed by atoms with E-state index in [1.165, 1.54) is 12.8 Å². The molecule has 3 aliphatic rings. The molecule has 0 amide bonds. The average Bonchev–Trinajstić information content (AvgIpc) is 2.29. The number of nitrogen functional groups attached to an aromatic ring is 3. The van der Waals surface area contributed by atoms with Crippen molar-refractivity contribution in [2.45, 2.75) is 39.5 Å². The Balaban J connectivity index is 2.06. The molecule has 4 atom stereocenters. The number of aromatic nitrogens is 2. The van der Waals surface area contributed by atoms with Crippen molar-refractivity contribution in [3.63, 3.8) is 0 Å². The lowest BCUT2D eigenvalue weighted by Gasteiger charge is -2.62. The molecule has 6 N–H and O–H groups in total. The quantitative estimate of drug-likeness (QED) is 0.717. The predicted octanol–water partition coefficient (Wildman–Crippen LogP) is 2.01. The first-order valence-corrected chi connectivity index (χ1v) is 7.00. The molecule has 3 aliphatic carbocycles. The van der Waals surface area contributed by atoms with E-state index in [0.29, 0.717) is 34.8 Å². The average molecular weight is 261 g/mol. The monoisotopic (exact) mass is 261 g/mol. The Morgan fingerprint density at radius 2 is 1.63 bits per heavy atom. The molecule has 2 bridgehead atoms. The van der Waals surface area contributed by atoms with E-state index in [0.717, 1.165) is 11.5 Å². The summed E-state index contributed by atoms with van der Waals surface area (Å²) in [5.41, 5.74) is 19.1. The first-order chi connectivity index (χ1) is 8.82. The first-order valence-electron chi connectivity index (χ1n) is 7.00. The molecule has 104 valence electrons. The van der Waals surface area contributed by atoms with Gasteiger partial charge in [-0.05, 0) is 41.9 Å². The Labute approximate surface area is 114 Å². The van der Waals surface area contributed by atoms with Gasteiger partial charge < -0.3 is 17.2 Å². The minimum atomic E-state index is 0.160. The first kappa shape index (κ1) is 12.5. The zero-order chi connectivity index (χ0) is 13.9. The Morgan fingerprint density at radius 1 is 1.05 bits per heavy atom. The van der Waals surface area contributed by atoms with Crippen molar-refractivity contribution in [3.8, 4) is 0 Å². The highest BCUT2D eigenvalue weighted by Crippen LogP contribution is 2.66. The number of hydrogen-bond acceptors (Lipinski definition) is 5. The van der Waals surface area contributed by atoms with Crippen LogP contribution in [0.15, 0.2) is 0 Å². The van der Waals surface area contributed by atoms with Gasteiger partial charge in [0.15, 0.2) is 0 Å². The summed E-state index contributed by atoms with van der Waals surface area (Å²) in [6, 6.07) is 0. The molecule has 0 saturated heterocycles. The van der Waals surface area contributed by atoms with Gasteiger partial charge in [-0.2, -0.15) is 9.97 Å². The van der Waals surface area contributed by atoms with Gasteiger partial charge in [-0.1, -0.05) is 20.8 Å². The topological polar surface area (TPSA) is 104 Å². The van der Waals surface area contributed by atoms with Crippen LogP contribution in [0.25, 0.3) is 0 Å². The van der Waals surface area contributed by atoms with Crippen LogP contribution >= 0.6 is 0 Å². The molecule has 5 nitrogen and oxygen atoms in total. The van der Waals surface area contributed by atoms with Gasteiger partial charge in [0.05, 0.1) is 0 Å². The highest BCUT2D eigenvalue weighted by atomic mass is 15.1. The summed E-state index contributed by atoms with van der Waals surface area (Å²) >= 11 is 0. The van der Waals surface area contributed by atoms with Crippen LogP contribution in [0.3, 0.4) is 0 Å². The summed E-state index contributed by atoms with van der Waals surface area (Å²) in [6.07, 6.45) is 2.50. The molecule has 0 aromatic carbocycles. The lowest BCUT2D eigenvalue weighted by atomic mass is 9.42. The van der Waals surface area contributed by atoms with E-state index in [4.69, 9.17) is 17.2 Å². The van der Waals surface area contributed by atoms with E-state index in [1.54, 1.807) is 0 Å². The van der Waals surface area contributed by atoms with E-state index in [2.05, 4.69) is 30.7 Å². The smallest absolute Gasteiger partial charge is 0.223 e. The second-order valence-electron chi connectivity index (χ2n) is 6.87. The maximum absolute atomic E-state index is 6.07. The van der Waals surface area contributed by atoms with Crippen LogP contribution < -0.4 is 17.2 Å². The second kappa shape index (κ2) is 3.74. The summed E-state index contributed by atoms with van der Waals surface area (Å²) in [5, 5.41) is 0. The minimum absolute atomic E-state index is 0.160. The lowest BCUT2D eigenvalue weighted by molar-refractivity contribution is -0.103. The molecule has 4 rings (SSSR count). The molecule has 0 spiro atoms. The summed E-state index contributed by atoms with van der Waals surface area (Å²) in [4.78, 5) is 8.22. The molecule has 1 aromatic heterocycles. The lowest BCUT2D eigenvalue weighted by Crippen LogP contribution is -2.54. The summed E-state index contributed by atoms with van der Waals surface area (Å²) in [7, 11) is 0. The van der Waals surface area contributed by atoms with Crippen LogP contribution in [0.1, 0.15) is 45.1 Å². The van der Waals surface area contributed by atoms with Crippen LogP contribution in [-0.2, 0) is 0 Å². The van der Waals surface area contributed by atoms with Crippen LogP contribution in [0.4, 0.5) is 17.6 Å². The zero-order valence-electron chi connectivity index (χ0n) is 11.9.